The van der Waals surface area contributed by atoms with Crippen molar-refractivity contribution < 1.29 is 26.1 Å². The monoisotopic (exact) mass is 374 g/mol. The SMILES string of the molecule is Cc1cc(C=Nc2ccccc2)c(O)c(C2(C)CCCCC2)c1.[O]=[V]. The van der Waals surface area contributed by atoms with E-state index in [4.69, 9.17) is 3.67 Å². The molecule has 0 aliphatic heterocycles. The molecule has 3 nitrogen and oxygen atoms in total. The van der Waals surface area contributed by atoms with E-state index in [-0.39, 0.29) is 5.41 Å². The first-order chi connectivity index (χ1) is 12.1. The van der Waals surface area contributed by atoms with Crippen molar-refractivity contribution in [1.29, 1.82) is 0 Å². The molecule has 25 heavy (non-hydrogen) atoms. The van der Waals surface area contributed by atoms with Crippen molar-refractivity contribution in [3.05, 3.63) is 59.2 Å². The molecule has 0 amide bonds. The number of phenols is 1. The summed E-state index contributed by atoms with van der Waals surface area (Å²) in [5.41, 5.74) is 4.07. The summed E-state index contributed by atoms with van der Waals surface area (Å²) in [6.07, 6.45) is 7.89. The Morgan fingerprint density at radius 2 is 1.72 bits per heavy atom. The molecule has 0 unspecified atom stereocenters. The summed E-state index contributed by atoms with van der Waals surface area (Å²) in [6.45, 7) is 4.38. The van der Waals surface area contributed by atoms with Gasteiger partial charge in [-0.15, -0.1) is 0 Å². The molecule has 1 aliphatic carbocycles. The summed E-state index contributed by atoms with van der Waals surface area (Å²) >= 11 is 1.06. The zero-order valence-corrected chi connectivity index (χ0v) is 16.3. The molecule has 0 bridgehead atoms. The fourth-order valence-corrected chi connectivity index (χ4v) is 3.62. The number of aryl methyl sites for hydroxylation is 1. The minimum atomic E-state index is 0.0870. The second kappa shape index (κ2) is 9.12. The van der Waals surface area contributed by atoms with E-state index in [2.05, 4.69) is 24.9 Å². The van der Waals surface area contributed by atoms with Crippen LogP contribution >= 0.6 is 0 Å². The van der Waals surface area contributed by atoms with Crippen LogP contribution in [0, 0.1) is 6.92 Å². The third-order valence-electron chi connectivity index (χ3n) is 5.00. The molecule has 0 atom stereocenters. The zero-order chi connectivity index (χ0) is 18.3. The van der Waals surface area contributed by atoms with Crippen molar-refractivity contribution in [3.63, 3.8) is 0 Å². The Hall–Kier alpha value is -1.71. The van der Waals surface area contributed by atoms with E-state index < -0.39 is 0 Å². The number of para-hydroxylation sites is 1. The van der Waals surface area contributed by atoms with Gasteiger partial charge in [0.05, 0.1) is 5.69 Å². The summed E-state index contributed by atoms with van der Waals surface area (Å²) in [5, 5.41) is 10.8. The van der Waals surface area contributed by atoms with Crippen LogP contribution in [-0.2, 0) is 26.5 Å². The van der Waals surface area contributed by atoms with Gasteiger partial charge in [-0.3, -0.25) is 4.99 Å². The van der Waals surface area contributed by atoms with Crippen molar-refractivity contribution in [2.75, 3.05) is 0 Å². The molecule has 1 aliphatic rings. The van der Waals surface area contributed by atoms with Crippen LogP contribution in [0.15, 0.2) is 47.5 Å². The van der Waals surface area contributed by atoms with Gasteiger partial charge in [0.1, 0.15) is 5.75 Å². The third kappa shape index (κ3) is 4.90. The summed E-state index contributed by atoms with van der Waals surface area (Å²) in [4.78, 5) is 4.50. The topological polar surface area (TPSA) is 49.7 Å². The number of nitrogens with zero attached hydrogens (tertiary/aromatic N) is 1. The molecule has 4 heteroatoms. The molecular weight excluding hydrogens is 349 g/mol. The van der Waals surface area contributed by atoms with E-state index in [1.807, 2.05) is 36.4 Å². The van der Waals surface area contributed by atoms with Crippen LogP contribution in [0.3, 0.4) is 0 Å². The number of rotatable bonds is 3. The fourth-order valence-electron chi connectivity index (χ4n) is 3.62. The first-order valence-electron chi connectivity index (χ1n) is 8.70. The zero-order valence-electron chi connectivity index (χ0n) is 14.9. The average molecular weight is 374 g/mol. The molecule has 0 spiro atoms. The number of phenolic OH excluding ortho intramolecular Hbond substituents is 1. The van der Waals surface area contributed by atoms with Gasteiger partial charge in [-0.2, -0.15) is 0 Å². The minimum absolute atomic E-state index is 0.0870. The first kappa shape index (κ1) is 19.6. The predicted octanol–water partition coefficient (Wildman–Crippen LogP) is 5.55. The molecule has 0 radical (unpaired) electrons. The third-order valence-corrected chi connectivity index (χ3v) is 5.00. The average Bonchev–Trinajstić information content (AvgIpc) is 2.65. The van der Waals surface area contributed by atoms with Crippen molar-refractivity contribution in [2.45, 2.75) is 51.4 Å². The first-order valence-corrected chi connectivity index (χ1v) is 9.27. The quantitative estimate of drug-likeness (QED) is 0.716. The number of aromatic hydroxyl groups is 1. The van der Waals surface area contributed by atoms with E-state index in [0.717, 1.165) is 47.0 Å². The van der Waals surface area contributed by atoms with Gasteiger partial charge in [-0.05, 0) is 48.9 Å². The molecule has 0 heterocycles. The molecule has 0 saturated heterocycles. The summed E-state index contributed by atoms with van der Waals surface area (Å²) in [5.74, 6) is 0.402. The van der Waals surface area contributed by atoms with Gasteiger partial charge in [0.15, 0.2) is 0 Å². The molecular formula is C21H25NO2V. The second-order valence-corrected chi connectivity index (χ2v) is 6.97. The normalized spacial score (nSPS) is 16.2. The van der Waals surface area contributed by atoms with Crippen LogP contribution in [0.4, 0.5) is 5.69 Å². The predicted molar refractivity (Wildman–Crippen MR) is 97.7 cm³/mol. The molecule has 131 valence electrons. The Bertz CT molecular complexity index is 722. The molecule has 0 aromatic heterocycles. The fraction of sp³-hybridized carbons (Fsp3) is 0.381. The van der Waals surface area contributed by atoms with Crippen LogP contribution in [0.2, 0.25) is 0 Å². The van der Waals surface area contributed by atoms with Crippen LogP contribution in [-0.4, -0.2) is 11.3 Å². The van der Waals surface area contributed by atoms with Crippen molar-refractivity contribution in [3.8, 4) is 5.75 Å². The molecule has 2 aromatic rings. The maximum absolute atomic E-state index is 10.8. The van der Waals surface area contributed by atoms with Crippen LogP contribution in [0.25, 0.3) is 0 Å². The van der Waals surface area contributed by atoms with Crippen LogP contribution < -0.4 is 0 Å². The number of hydrogen-bond acceptors (Lipinski definition) is 3. The molecule has 2 aromatic carbocycles. The Morgan fingerprint density at radius 3 is 2.36 bits per heavy atom. The summed E-state index contributed by atoms with van der Waals surface area (Å²) in [7, 11) is 0. The summed E-state index contributed by atoms with van der Waals surface area (Å²) < 4.78 is 8.19. The Morgan fingerprint density at radius 1 is 1.08 bits per heavy atom. The Kier molecular flexibility index (Phi) is 7.16. The van der Waals surface area contributed by atoms with Crippen LogP contribution in [0.1, 0.15) is 55.7 Å². The molecule has 1 saturated carbocycles. The number of benzene rings is 2. The van der Waals surface area contributed by atoms with Crippen molar-refractivity contribution >= 4 is 11.9 Å². The van der Waals surface area contributed by atoms with Gasteiger partial charge in [0.25, 0.3) is 0 Å². The Labute approximate surface area is 159 Å². The Balaban J connectivity index is 0.00000109. The van der Waals surface area contributed by atoms with E-state index in [1.54, 1.807) is 6.21 Å². The van der Waals surface area contributed by atoms with Crippen molar-refractivity contribution in [1.82, 2.24) is 0 Å². The molecule has 1 fully saturated rings. The maximum atomic E-state index is 10.8. The molecule has 3 rings (SSSR count). The second-order valence-electron chi connectivity index (χ2n) is 6.97. The van der Waals surface area contributed by atoms with Gasteiger partial charge in [0, 0.05) is 17.3 Å². The van der Waals surface area contributed by atoms with Gasteiger partial charge in [-0.25, -0.2) is 0 Å². The van der Waals surface area contributed by atoms with Crippen molar-refractivity contribution in [2.24, 2.45) is 4.99 Å². The molecule has 1 N–H and O–H groups in total. The van der Waals surface area contributed by atoms with Gasteiger partial charge in [-0.1, -0.05) is 50.5 Å². The summed E-state index contributed by atoms with van der Waals surface area (Å²) in [6, 6.07) is 14.0. The van der Waals surface area contributed by atoms with E-state index in [0.29, 0.717) is 5.75 Å². The number of hydrogen-bond donors (Lipinski definition) is 1. The van der Waals surface area contributed by atoms with E-state index in [1.165, 1.54) is 24.8 Å². The van der Waals surface area contributed by atoms with E-state index in [9.17, 15) is 5.11 Å². The van der Waals surface area contributed by atoms with E-state index >= 15 is 0 Å². The van der Waals surface area contributed by atoms with Gasteiger partial charge < -0.3 is 5.11 Å². The van der Waals surface area contributed by atoms with Crippen LogP contribution in [0.5, 0.6) is 5.75 Å². The van der Waals surface area contributed by atoms with Gasteiger partial charge >= 0.3 is 21.0 Å². The number of aliphatic imine (C=N–C) groups is 1. The standard InChI is InChI=1S/C21H25NO.O.V/c1-16-13-17(15-22-18-9-5-3-6-10-18)20(23)19(14-16)21(2)11-7-4-8-12-21;;/h3,5-6,9-10,13-15,23H,4,7-8,11-12H2,1-2H3;;. The van der Waals surface area contributed by atoms with Gasteiger partial charge in [0.2, 0.25) is 0 Å².